The lowest BCUT2D eigenvalue weighted by Gasteiger charge is -2.20. The Bertz CT molecular complexity index is 632. The highest BCUT2D eigenvalue weighted by molar-refractivity contribution is 6.29. The van der Waals surface area contributed by atoms with Gasteiger partial charge < -0.3 is 15.7 Å². The SMILES string of the molecule is CC(O)CC(CNC(=O)NCc1ccc(Cl)nc1)c1ccccc1. The van der Waals surface area contributed by atoms with Gasteiger partial charge in [-0.05, 0) is 30.5 Å². The van der Waals surface area contributed by atoms with Crippen molar-refractivity contribution in [3.05, 3.63) is 64.9 Å². The van der Waals surface area contributed by atoms with Crippen molar-refractivity contribution < 1.29 is 9.90 Å². The number of urea groups is 1. The zero-order valence-electron chi connectivity index (χ0n) is 13.6. The van der Waals surface area contributed by atoms with Crippen LogP contribution < -0.4 is 10.6 Å². The molecule has 2 aromatic rings. The number of aliphatic hydroxyl groups is 1. The molecule has 2 rings (SSSR count). The monoisotopic (exact) mass is 347 g/mol. The Morgan fingerprint density at radius 3 is 2.58 bits per heavy atom. The molecule has 6 heteroatoms. The van der Waals surface area contributed by atoms with Gasteiger partial charge in [-0.25, -0.2) is 9.78 Å². The molecule has 2 amide bonds. The molecule has 128 valence electrons. The van der Waals surface area contributed by atoms with Crippen LogP contribution in [0.1, 0.15) is 30.4 Å². The molecule has 0 aliphatic carbocycles. The Hall–Kier alpha value is -2.11. The second kappa shape index (κ2) is 9.25. The van der Waals surface area contributed by atoms with Crippen molar-refractivity contribution in [2.45, 2.75) is 31.9 Å². The summed E-state index contributed by atoms with van der Waals surface area (Å²) in [5.41, 5.74) is 1.97. The smallest absolute Gasteiger partial charge is 0.315 e. The number of carbonyl (C=O) groups is 1. The number of halogens is 1. The van der Waals surface area contributed by atoms with Crippen LogP contribution in [0.3, 0.4) is 0 Å². The maximum Gasteiger partial charge on any atom is 0.315 e. The van der Waals surface area contributed by atoms with Crippen molar-refractivity contribution in [1.82, 2.24) is 15.6 Å². The van der Waals surface area contributed by atoms with Crippen molar-refractivity contribution in [3.63, 3.8) is 0 Å². The largest absolute Gasteiger partial charge is 0.393 e. The molecule has 1 aromatic heterocycles. The van der Waals surface area contributed by atoms with Gasteiger partial charge in [0.05, 0.1) is 6.10 Å². The number of aromatic nitrogens is 1. The number of carbonyl (C=O) groups excluding carboxylic acids is 1. The fourth-order valence-corrected chi connectivity index (χ4v) is 2.56. The summed E-state index contributed by atoms with van der Waals surface area (Å²) in [6, 6.07) is 13.1. The lowest BCUT2D eigenvalue weighted by Crippen LogP contribution is -2.37. The quantitative estimate of drug-likeness (QED) is 0.674. The van der Waals surface area contributed by atoms with Gasteiger partial charge in [0.15, 0.2) is 0 Å². The van der Waals surface area contributed by atoms with Crippen LogP contribution in [-0.4, -0.2) is 28.8 Å². The number of aliphatic hydroxyl groups excluding tert-OH is 1. The molecule has 0 radical (unpaired) electrons. The Balaban J connectivity index is 1.84. The molecule has 0 saturated carbocycles. The van der Waals surface area contributed by atoms with Gasteiger partial charge >= 0.3 is 6.03 Å². The minimum absolute atomic E-state index is 0.0640. The first-order chi connectivity index (χ1) is 11.5. The molecule has 0 fully saturated rings. The zero-order valence-corrected chi connectivity index (χ0v) is 14.3. The number of hydrogen-bond acceptors (Lipinski definition) is 3. The van der Waals surface area contributed by atoms with Crippen molar-refractivity contribution in [1.29, 1.82) is 0 Å². The number of rotatable bonds is 7. The highest BCUT2D eigenvalue weighted by Gasteiger charge is 2.15. The average molecular weight is 348 g/mol. The van der Waals surface area contributed by atoms with Crippen LogP contribution in [0.2, 0.25) is 5.15 Å². The normalized spacial score (nSPS) is 13.1. The second-order valence-corrected chi connectivity index (χ2v) is 6.13. The Kier molecular flexibility index (Phi) is 7.03. The number of benzene rings is 1. The van der Waals surface area contributed by atoms with Gasteiger partial charge in [-0.15, -0.1) is 0 Å². The first kappa shape index (κ1) is 18.2. The van der Waals surface area contributed by atoms with E-state index in [1.54, 1.807) is 19.2 Å². The molecule has 0 saturated heterocycles. The lowest BCUT2D eigenvalue weighted by atomic mass is 9.93. The zero-order chi connectivity index (χ0) is 17.4. The lowest BCUT2D eigenvalue weighted by molar-refractivity contribution is 0.173. The fraction of sp³-hybridized carbons (Fsp3) is 0.333. The van der Waals surface area contributed by atoms with Crippen LogP contribution in [0, 0.1) is 0 Å². The summed E-state index contributed by atoms with van der Waals surface area (Å²) in [7, 11) is 0. The molecule has 0 bridgehead atoms. The third-order valence-electron chi connectivity index (χ3n) is 3.65. The number of hydrogen-bond donors (Lipinski definition) is 3. The Morgan fingerprint density at radius 1 is 1.21 bits per heavy atom. The summed E-state index contributed by atoms with van der Waals surface area (Å²) in [6.45, 7) is 2.59. The summed E-state index contributed by atoms with van der Waals surface area (Å²) in [4.78, 5) is 15.9. The van der Waals surface area contributed by atoms with Gasteiger partial charge in [-0.2, -0.15) is 0 Å². The van der Waals surface area contributed by atoms with E-state index in [1.807, 2.05) is 36.4 Å². The predicted octanol–water partition coefficient (Wildman–Crippen LogP) is 3.09. The number of pyridine rings is 1. The predicted molar refractivity (Wildman–Crippen MR) is 95.0 cm³/mol. The molecule has 0 aliphatic rings. The van der Waals surface area contributed by atoms with Crippen LogP contribution in [0.5, 0.6) is 0 Å². The van der Waals surface area contributed by atoms with Crippen LogP contribution in [0.15, 0.2) is 48.7 Å². The highest BCUT2D eigenvalue weighted by atomic mass is 35.5. The molecule has 3 N–H and O–H groups in total. The van der Waals surface area contributed by atoms with Gasteiger partial charge in [0, 0.05) is 25.2 Å². The third kappa shape index (κ3) is 6.18. The van der Waals surface area contributed by atoms with E-state index >= 15 is 0 Å². The maximum absolute atomic E-state index is 12.0. The Labute approximate surface area is 147 Å². The molecule has 0 aliphatic heterocycles. The first-order valence-corrected chi connectivity index (χ1v) is 8.27. The van der Waals surface area contributed by atoms with Gasteiger partial charge in [0.1, 0.15) is 5.15 Å². The van der Waals surface area contributed by atoms with Crippen LogP contribution in [0.25, 0.3) is 0 Å². The number of nitrogens with one attached hydrogen (secondary N) is 2. The van der Waals surface area contributed by atoms with Gasteiger partial charge in [-0.3, -0.25) is 0 Å². The summed E-state index contributed by atoms with van der Waals surface area (Å²) < 4.78 is 0. The van der Waals surface area contributed by atoms with E-state index in [4.69, 9.17) is 11.6 Å². The number of nitrogens with zero attached hydrogens (tertiary/aromatic N) is 1. The van der Waals surface area contributed by atoms with E-state index in [-0.39, 0.29) is 11.9 Å². The van der Waals surface area contributed by atoms with Crippen molar-refractivity contribution in [3.8, 4) is 0 Å². The van der Waals surface area contributed by atoms with Crippen molar-refractivity contribution in [2.24, 2.45) is 0 Å². The molecule has 1 heterocycles. The van der Waals surface area contributed by atoms with E-state index in [9.17, 15) is 9.90 Å². The van der Waals surface area contributed by atoms with E-state index in [2.05, 4.69) is 15.6 Å². The summed E-state index contributed by atoms with van der Waals surface area (Å²) >= 11 is 5.73. The van der Waals surface area contributed by atoms with Gasteiger partial charge in [-0.1, -0.05) is 48.0 Å². The molecule has 2 unspecified atom stereocenters. The molecule has 24 heavy (non-hydrogen) atoms. The van der Waals surface area contributed by atoms with Crippen molar-refractivity contribution >= 4 is 17.6 Å². The summed E-state index contributed by atoms with van der Waals surface area (Å²) in [5, 5.41) is 15.7. The molecule has 5 nitrogen and oxygen atoms in total. The third-order valence-corrected chi connectivity index (χ3v) is 3.87. The first-order valence-electron chi connectivity index (χ1n) is 7.89. The Morgan fingerprint density at radius 2 is 1.96 bits per heavy atom. The molecule has 0 spiro atoms. The van der Waals surface area contributed by atoms with Crippen LogP contribution >= 0.6 is 11.6 Å². The van der Waals surface area contributed by atoms with Crippen molar-refractivity contribution in [2.75, 3.05) is 6.54 Å². The average Bonchev–Trinajstić information content (AvgIpc) is 2.58. The summed E-state index contributed by atoms with van der Waals surface area (Å²) in [6.07, 6.45) is 1.79. The van der Waals surface area contributed by atoms with E-state index < -0.39 is 6.10 Å². The van der Waals surface area contributed by atoms with E-state index in [1.165, 1.54) is 0 Å². The van der Waals surface area contributed by atoms with E-state index in [0.717, 1.165) is 11.1 Å². The second-order valence-electron chi connectivity index (χ2n) is 5.75. The maximum atomic E-state index is 12.0. The highest BCUT2D eigenvalue weighted by Crippen LogP contribution is 2.20. The minimum atomic E-state index is -0.430. The standard InChI is InChI=1S/C18H22ClN3O2/c1-13(23)9-16(15-5-3-2-4-6-15)12-22-18(24)21-11-14-7-8-17(19)20-10-14/h2-8,10,13,16,23H,9,11-12H2,1H3,(H2,21,22,24). The van der Waals surface area contributed by atoms with E-state index in [0.29, 0.717) is 24.7 Å². The summed E-state index contributed by atoms with van der Waals surface area (Å²) in [5.74, 6) is 0.0640. The molecular weight excluding hydrogens is 326 g/mol. The topological polar surface area (TPSA) is 74.2 Å². The van der Waals surface area contributed by atoms with Crippen LogP contribution in [0.4, 0.5) is 4.79 Å². The molecular formula is C18H22ClN3O2. The van der Waals surface area contributed by atoms with Gasteiger partial charge in [0.2, 0.25) is 0 Å². The fourth-order valence-electron chi connectivity index (χ4n) is 2.45. The minimum Gasteiger partial charge on any atom is -0.393 e. The molecule has 2 atom stereocenters. The molecule has 1 aromatic carbocycles. The van der Waals surface area contributed by atoms with Gasteiger partial charge in [0.25, 0.3) is 0 Å². The number of amides is 2. The van der Waals surface area contributed by atoms with Crippen LogP contribution in [-0.2, 0) is 6.54 Å².